The third-order valence-corrected chi connectivity index (χ3v) is 2.50. The van der Waals surface area contributed by atoms with Crippen molar-refractivity contribution in [2.24, 2.45) is 0 Å². The Labute approximate surface area is 97.9 Å². The largest absolute Gasteiger partial charge is 0.459 e. The number of hydrogen-bond acceptors (Lipinski definition) is 4. The van der Waals surface area contributed by atoms with E-state index in [4.69, 9.17) is 4.74 Å². The van der Waals surface area contributed by atoms with E-state index in [0.717, 1.165) is 0 Å². The van der Waals surface area contributed by atoms with Crippen molar-refractivity contribution >= 4 is 17.7 Å². The van der Waals surface area contributed by atoms with Gasteiger partial charge in [-0.25, -0.2) is 4.79 Å². The third kappa shape index (κ3) is 2.50. The lowest BCUT2D eigenvalue weighted by atomic mass is 10.1. The zero-order valence-electron chi connectivity index (χ0n) is 9.25. The van der Waals surface area contributed by atoms with Crippen LogP contribution in [0.3, 0.4) is 0 Å². The number of ether oxygens (including phenoxy) is 1. The van der Waals surface area contributed by atoms with E-state index < -0.39 is 4.92 Å². The van der Waals surface area contributed by atoms with Gasteiger partial charge in [0.15, 0.2) is 0 Å². The third-order valence-electron chi connectivity index (χ3n) is 2.50. The van der Waals surface area contributed by atoms with Gasteiger partial charge in [-0.3, -0.25) is 10.1 Å². The molecule has 2 rings (SSSR count). The molecule has 1 fully saturated rings. The molecule has 0 amide bonds. The van der Waals surface area contributed by atoms with Crippen LogP contribution in [0.4, 0.5) is 5.69 Å². The van der Waals surface area contributed by atoms with E-state index in [1.165, 1.54) is 12.1 Å². The maximum Gasteiger partial charge on any atom is 0.334 e. The molecule has 0 spiro atoms. The summed E-state index contributed by atoms with van der Waals surface area (Å²) in [6, 6.07) is 6.16. The summed E-state index contributed by atoms with van der Waals surface area (Å²) in [5.41, 5.74) is 1.21. The molecule has 5 heteroatoms. The van der Waals surface area contributed by atoms with E-state index in [1.807, 2.05) is 6.92 Å². The molecule has 0 aromatic heterocycles. The van der Waals surface area contributed by atoms with Crippen molar-refractivity contribution in [1.82, 2.24) is 0 Å². The first-order valence-corrected chi connectivity index (χ1v) is 5.22. The number of nitrogens with zero attached hydrogens (tertiary/aromatic N) is 1. The lowest BCUT2D eigenvalue weighted by Crippen LogP contribution is -1.99. The molecule has 5 nitrogen and oxygen atoms in total. The SMILES string of the molecule is CC1C/C(=C\c2cccc([N+](=O)[O-])c2)C(=O)O1. The molecule has 1 aromatic rings. The minimum Gasteiger partial charge on any atom is -0.459 e. The predicted molar refractivity (Wildman–Crippen MR) is 61.2 cm³/mol. The summed E-state index contributed by atoms with van der Waals surface area (Å²) < 4.78 is 4.98. The molecule has 0 bridgehead atoms. The number of carbonyl (C=O) groups is 1. The zero-order valence-corrected chi connectivity index (χ0v) is 9.25. The minimum atomic E-state index is -0.461. The molecule has 0 radical (unpaired) electrons. The molecular weight excluding hydrogens is 222 g/mol. The van der Waals surface area contributed by atoms with Gasteiger partial charge in [-0.1, -0.05) is 12.1 Å². The Kier molecular flexibility index (Phi) is 2.91. The number of nitro groups is 1. The first-order valence-electron chi connectivity index (χ1n) is 5.22. The van der Waals surface area contributed by atoms with Crippen LogP contribution in [-0.2, 0) is 9.53 Å². The zero-order chi connectivity index (χ0) is 12.4. The average molecular weight is 233 g/mol. The van der Waals surface area contributed by atoms with E-state index in [9.17, 15) is 14.9 Å². The maximum absolute atomic E-state index is 11.4. The lowest BCUT2D eigenvalue weighted by molar-refractivity contribution is -0.384. The number of hydrogen-bond donors (Lipinski definition) is 0. The van der Waals surface area contributed by atoms with Crippen molar-refractivity contribution in [2.45, 2.75) is 19.4 Å². The van der Waals surface area contributed by atoms with E-state index in [1.54, 1.807) is 18.2 Å². The van der Waals surface area contributed by atoms with Gasteiger partial charge < -0.3 is 4.74 Å². The number of cyclic esters (lactones) is 1. The predicted octanol–water partition coefficient (Wildman–Crippen LogP) is 2.31. The molecule has 1 unspecified atom stereocenters. The molecule has 1 aromatic carbocycles. The Morgan fingerprint density at radius 3 is 2.88 bits per heavy atom. The topological polar surface area (TPSA) is 69.4 Å². The highest BCUT2D eigenvalue weighted by Crippen LogP contribution is 2.23. The molecule has 1 heterocycles. The normalized spacial score (nSPS) is 21.6. The van der Waals surface area contributed by atoms with Crippen molar-refractivity contribution in [3.05, 3.63) is 45.5 Å². The fraction of sp³-hybridized carbons (Fsp3) is 0.250. The van der Waals surface area contributed by atoms with Gasteiger partial charge in [-0.2, -0.15) is 0 Å². The number of carbonyl (C=O) groups excluding carboxylic acids is 1. The summed E-state index contributed by atoms with van der Waals surface area (Å²) in [6.07, 6.45) is 2.06. The number of esters is 1. The quantitative estimate of drug-likeness (QED) is 0.340. The van der Waals surface area contributed by atoms with E-state index in [0.29, 0.717) is 17.6 Å². The van der Waals surface area contributed by atoms with Crippen LogP contribution in [0.2, 0.25) is 0 Å². The molecule has 1 atom stereocenters. The van der Waals surface area contributed by atoms with Gasteiger partial charge >= 0.3 is 5.97 Å². The Balaban J connectivity index is 2.29. The van der Waals surface area contributed by atoms with E-state index in [2.05, 4.69) is 0 Å². The van der Waals surface area contributed by atoms with Gasteiger partial charge in [0.25, 0.3) is 5.69 Å². The summed E-state index contributed by atoms with van der Waals surface area (Å²) in [6.45, 7) is 1.81. The average Bonchev–Trinajstić information content (AvgIpc) is 2.58. The first kappa shape index (κ1) is 11.3. The molecule has 88 valence electrons. The minimum absolute atomic E-state index is 0.0127. The highest BCUT2D eigenvalue weighted by molar-refractivity contribution is 5.95. The van der Waals surface area contributed by atoms with Crippen LogP contribution in [0, 0.1) is 10.1 Å². The summed E-state index contributed by atoms with van der Waals surface area (Å²) in [5.74, 6) is -0.344. The summed E-state index contributed by atoms with van der Waals surface area (Å²) in [5, 5.41) is 10.6. The molecule has 1 aliphatic heterocycles. The fourth-order valence-corrected chi connectivity index (χ4v) is 1.74. The molecule has 0 N–H and O–H groups in total. The monoisotopic (exact) mass is 233 g/mol. The van der Waals surface area contributed by atoms with Gasteiger partial charge in [-0.15, -0.1) is 0 Å². The first-order chi connectivity index (χ1) is 8.06. The van der Waals surface area contributed by atoms with Gasteiger partial charge in [0.05, 0.1) is 4.92 Å². The molecule has 17 heavy (non-hydrogen) atoms. The van der Waals surface area contributed by atoms with Crippen molar-refractivity contribution < 1.29 is 14.5 Å². The van der Waals surface area contributed by atoms with Gasteiger partial charge in [0.2, 0.25) is 0 Å². The molecule has 1 saturated heterocycles. The van der Waals surface area contributed by atoms with Crippen LogP contribution in [-0.4, -0.2) is 17.0 Å². The van der Waals surface area contributed by atoms with Crippen molar-refractivity contribution in [1.29, 1.82) is 0 Å². The standard InChI is InChI=1S/C12H11NO4/c1-8-5-10(12(14)17-8)6-9-3-2-4-11(7-9)13(15)16/h2-4,6-8H,5H2,1H3/b10-6+. The van der Waals surface area contributed by atoms with E-state index in [-0.39, 0.29) is 17.8 Å². The summed E-state index contributed by atoms with van der Waals surface area (Å²) in [4.78, 5) is 21.5. The molecule has 1 aliphatic rings. The Morgan fingerprint density at radius 1 is 1.53 bits per heavy atom. The number of benzene rings is 1. The Hall–Kier alpha value is -2.17. The second-order valence-corrected chi connectivity index (χ2v) is 3.94. The van der Waals surface area contributed by atoms with Gasteiger partial charge in [0.1, 0.15) is 6.10 Å². The number of nitro benzene ring substituents is 1. The Morgan fingerprint density at radius 2 is 2.29 bits per heavy atom. The van der Waals surface area contributed by atoms with Gasteiger partial charge in [-0.05, 0) is 18.6 Å². The Bertz CT molecular complexity index is 507. The van der Waals surface area contributed by atoms with Crippen LogP contribution >= 0.6 is 0 Å². The lowest BCUT2D eigenvalue weighted by Gasteiger charge is -1.95. The highest BCUT2D eigenvalue weighted by Gasteiger charge is 2.25. The second-order valence-electron chi connectivity index (χ2n) is 3.94. The number of non-ortho nitro benzene ring substituents is 1. The van der Waals surface area contributed by atoms with Crippen molar-refractivity contribution in [3.63, 3.8) is 0 Å². The molecular formula is C12H11NO4. The van der Waals surface area contributed by atoms with E-state index >= 15 is 0 Å². The maximum atomic E-state index is 11.4. The van der Waals surface area contributed by atoms with Crippen LogP contribution in [0.1, 0.15) is 18.9 Å². The van der Waals surface area contributed by atoms with Crippen LogP contribution < -0.4 is 0 Å². The summed E-state index contributed by atoms with van der Waals surface area (Å²) in [7, 11) is 0. The second kappa shape index (κ2) is 4.37. The van der Waals surface area contributed by atoms with Crippen LogP contribution in [0.25, 0.3) is 6.08 Å². The van der Waals surface area contributed by atoms with Crippen LogP contribution in [0.5, 0.6) is 0 Å². The molecule has 0 saturated carbocycles. The molecule has 0 aliphatic carbocycles. The van der Waals surface area contributed by atoms with Crippen molar-refractivity contribution in [2.75, 3.05) is 0 Å². The fourth-order valence-electron chi connectivity index (χ4n) is 1.74. The van der Waals surface area contributed by atoms with Gasteiger partial charge in [0, 0.05) is 24.1 Å². The van der Waals surface area contributed by atoms with Crippen molar-refractivity contribution in [3.8, 4) is 0 Å². The smallest absolute Gasteiger partial charge is 0.334 e. The van der Waals surface area contributed by atoms with Crippen LogP contribution in [0.15, 0.2) is 29.8 Å². The number of rotatable bonds is 2. The highest BCUT2D eigenvalue weighted by atomic mass is 16.6. The summed E-state index contributed by atoms with van der Waals surface area (Å²) >= 11 is 0.